The van der Waals surface area contributed by atoms with Gasteiger partial charge in [-0.2, -0.15) is 0 Å². The zero-order valence-electron chi connectivity index (χ0n) is 16.1. The van der Waals surface area contributed by atoms with Gasteiger partial charge in [0.15, 0.2) is 0 Å². The molecule has 0 bridgehead atoms. The van der Waals surface area contributed by atoms with Crippen molar-refractivity contribution in [3.05, 3.63) is 63.7 Å². The summed E-state index contributed by atoms with van der Waals surface area (Å²) in [6.07, 6.45) is 6.75. The minimum atomic E-state index is -1.21. The summed E-state index contributed by atoms with van der Waals surface area (Å²) in [5.41, 5.74) is 3.46. The Balaban J connectivity index is 1.89. The Morgan fingerprint density at radius 1 is 1.28 bits per heavy atom. The van der Waals surface area contributed by atoms with Gasteiger partial charge in [-0.3, -0.25) is 14.6 Å². The van der Waals surface area contributed by atoms with Gasteiger partial charge in [0.2, 0.25) is 5.43 Å². The third-order valence-electron chi connectivity index (χ3n) is 5.17. The molecule has 0 radical (unpaired) electrons. The van der Waals surface area contributed by atoms with Crippen molar-refractivity contribution in [1.29, 1.82) is 0 Å². The Morgan fingerprint density at radius 3 is 2.69 bits per heavy atom. The van der Waals surface area contributed by atoms with Crippen LogP contribution in [0.5, 0.6) is 0 Å². The second-order valence-electron chi connectivity index (χ2n) is 7.31. The number of hydrogen-bond donors (Lipinski definition) is 1. The molecule has 0 amide bonds. The number of carboxylic acid groups (broad SMARTS) is 1. The van der Waals surface area contributed by atoms with E-state index in [1.165, 1.54) is 13.1 Å². The number of benzene rings is 1. The fraction of sp³-hybridized carbons (Fsp3) is 0.273. The van der Waals surface area contributed by atoms with E-state index >= 15 is 0 Å². The summed E-state index contributed by atoms with van der Waals surface area (Å²) in [6, 6.07) is 5.60. The molecule has 0 unspecified atom stereocenters. The quantitative estimate of drug-likeness (QED) is 0.668. The van der Waals surface area contributed by atoms with Gasteiger partial charge in [-0.1, -0.05) is 6.07 Å². The predicted molar refractivity (Wildman–Crippen MR) is 107 cm³/mol. The van der Waals surface area contributed by atoms with E-state index in [1.54, 1.807) is 18.5 Å². The van der Waals surface area contributed by atoms with Crippen LogP contribution in [0.15, 0.2) is 41.6 Å². The first-order valence-electron chi connectivity index (χ1n) is 9.36. The van der Waals surface area contributed by atoms with Gasteiger partial charge in [0, 0.05) is 48.1 Å². The Bertz CT molecular complexity index is 1210. The van der Waals surface area contributed by atoms with E-state index in [-0.39, 0.29) is 24.2 Å². The molecule has 1 N–H and O–H groups in total. The van der Waals surface area contributed by atoms with Crippen molar-refractivity contribution in [2.75, 3.05) is 0 Å². The lowest BCUT2D eigenvalue weighted by molar-refractivity contribution is -0.142. The largest absolute Gasteiger partial charge is 0.477 e. The summed E-state index contributed by atoms with van der Waals surface area (Å²) >= 11 is 0. The molecule has 0 aliphatic heterocycles. The molecule has 3 aromatic rings. The number of pyridine rings is 2. The Labute approximate surface area is 166 Å². The molecule has 0 atom stereocenters. The van der Waals surface area contributed by atoms with Crippen LogP contribution < -0.4 is 5.43 Å². The van der Waals surface area contributed by atoms with Gasteiger partial charge in [0.05, 0.1) is 5.52 Å². The number of aromatic nitrogens is 2. The highest BCUT2D eigenvalue weighted by atomic mass is 16.5. The van der Waals surface area contributed by atoms with Gasteiger partial charge in [0.25, 0.3) is 0 Å². The van der Waals surface area contributed by atoms with E-state index in [0.717, 1.165) is 40.6 Å². The van der Waals surface area contributed by atoms with E-state index < -0.39 is 11.4 Å². The summed E-state index contributed by atoms with van der Waals surface area (Å²) in [7, 11) is 0. The molecule has 1 aromatic carbocycles. The van der Waals surface area contributed by atoms with Crippen molar-refractivity contribution in [2.24, 2.45) is 0 Å². The molecule has 0 saturated heterocycles. The van der Waals surface area contributed by atoms with Crippen molar-refractivity contribution in [1.82, 2.24) is 9.55 Å². The number of carbonyl (C=O) groups excluding carboxylic acids is 1. The summed E-state index contributed by atoms with van der Waals surface area (Å²) in [5.74, 6) is -1.57. The van der Waals surface area contributed by atoms with Crippen molar-refractivity contribution in [3.63, 3.8) is 0 Å². The minimum Gasteiger partial charge on any atom is -0.477 e. The molecule has 4 rings (SSSR count). The van der Waals surface area contributed by atoms with E-state index in [9.17, 15) is 19.5 Å². The van der Waals surface area contributed by atoms with Gasteiger partial charge in [-0.25, -0.2) is 4.79 Å². The second kappa shape index (κ2) is 7.16. The highest BCUT2D eigenvalue weighted by Crippen LogP contribution is 2.39. The van der Waals surface area contributed by atoms with Gasteiger partial charge in [0.1, 0.15) is 12.2 Å². The van der Waals surface area contributed by atoms with Crippen LogP contribution in [0.1, 0.15) is 47.3 Å². The Morgan fingerprint density at radius 2 is 2.03 bits per heavy atom. The zero-order chi connectivity index (χ0) is 20.7. The van der Waals surface area contributed by atoms with Crippen molar-refractivity contribution in [2.45, 2.75) is 39.3 Å². The lowest BCUT2D eigenvalue weighted by atomic mass is 9.97. The third-order valence-corrected chi connectivity index (χ3v) is 5.17. The molecule has 148 valence electrons. The average molecular weight is 392 g/mol. The number of hydrogen-bond acceptors (Lipinski definition) is 5. The lowest BCUT2D eigenvalue weighted by Crippen LogP contribution is -2.19. The number of carbonyl (C=O) groups is 2. The molecule has 1 fully saturated rings. The maximum absolute atomic E-state index is 12.7. The SMILES string of the molecule is CC(=O)OCc1cncc(-c2ccc3c(=O)c(C(=O)O)cn(C4CC4)c3c2C)c1. The van der Waals surface area contributed by atoms with Gasteiger partial charge in [-0.15, -0.1) is 0 Å². The molecule has 29 heavy (non-hydrogen) atoms. The zero-order valence-corrected chi connectivity index (χ0v) is 16.1. The fourth-order valence-corrected chi connectivity index (χ4v) is 3.63. The number of aryl methyl sites for hydroxylation is 1. The smallest absolute Gasteiger partial charge is 0.341 e. The molecule has 2 aromatic heterocycles. The molecule has 1 aliphatic rings. The standard InChI is InChI=1S/C22H20N2O5/c1-12-17(15-7-14(8-23-9-15)11-29-13(2)25)5-6-18-20(12)24(16-3-4-16)10-19(21(18)26)22(27)28/h5-10,16H,3-4,11H2,1-2H3,(H,27,28). The van der Waals surface area contributed by atoms with Crippen LogP contribution in [-0.2, 0) is 16.1 Å². The number of rotatable bonds is 5. The number of carboxylic acids is 1. The van der Waals surface area contributed by atoms with Crippen LogP contribution in [0.4, 0.5) is 0 Å². The van der Waals surface area contributed by atoms with Gasteiger partial charge >= 0.3 is 11.9 Å². The van der Waals surface area contributed by atoms with Crippen LogP contribution in [0.2, 0.25) is 0 Å². The number of aromatic carboxylic acids is 1. The highest BCUT2D eigenvalue weighted by molar-refractivity contribution is 5.95. The van der Waals surface area contributed by atoms with Gasteiger partial charge < -0.3 is 14.4 Å². The summed E-state index contributed by atoms with van der Waals surface area (Å²) in [5, 5.41) is 9.82. The topological polar surface area (TPSA) is 98.5 Å². The fourth-order valence-electron chi connectivity index (χ4n) is 3.63. The molecule has 0 spiro atoms. The third kappa shape index (κ3) is 3.51. The maximum Gasteiger partial charge on any atom is 0.341 e. The monoisotopic (exact) mass is 392 g/mol. The van der Waals surface area contributed by atoms with Crippen molar-refractivity contribution < 1.29 is 19.4 Å². The molecule has 2 heterocycles. The first kappa shape index (κ1) is 18.9. The number of ether oxygens (including phenoxy) is 1. The summed E-state index contributed by atoms with van der Waals surface area (Å²) in [4.78, 5) is 39.6. The molecule has 1 aliphatic carbocycles. The van der Waals surface area contributed by atoms with E-state index in [4.69, 9.17) is 4.74 Å². The average Bonchev–Trinajstić information content (AvgIpc) is 3.52. The van der Waals surface area contributed by atoms with Crippen LogP contribution in [0, 0.1) is 6.92 Å². The number of esters is 1. The normalized spacial score (nSPS) is 13.4. The molecule has 7 heteroatoms. The first-order chi connectivity index (χ1) is 13.9. The summed E-state index contributed by atoms with van der Waals surface area (Å²) in [6.45, 7) is 3.42. The maximum atomic E-state index is 12.7. The van der Waals surface area contributed by atoms with Crippen LogP contribution in [0.25, 0.3) is 22.0 Å². The number of fused-ring (bicyclic) bond motifs is 1. The molecular weight excluding hydrogens is 372 g/mol. The van der Waals surface area contributed by atoms with Gasteiger partial charge in [-0.05, 0) is 43.0 Å². The first-order valence-corrected chi connectivity index (χ1v) is 9.36. The van der Waals surface area contributed by atoms with E-state index in [1.807, 2.05) is 23.6 Å². The highest BCUT2D eigenvalue weighted by Gasteiger charge is 2.28. The number of nitrogens with zero attached hydrogens (tertiary/aromatic N) is 2. The summed E-state index contributed by atoms with van der Waals surface area (Å²) < 4.78 is 6.98. The van der Waals surface area contributed by atoms with Crippen LogP contribution in [0.3, 0.4) is 0 Å². The van der Waals surface area contributed by atoms with Crippen molar-refractivity contribution >= 4 is 22.8 Å². The minimum absolute atomic E-state index is 0.136. The lowest BCUT2D eigenvalue weighted by Gasteiger charge is -2.17. The van der Waals surface area contributed by atoms with E-state index in [2.05, 4.69) is 4.98 Å². The van der Waals surface area contributed by atoms with Crippen LogP contribution >= 0.6 is 0 Å². The van der Waals surface area contributed by atoms with Crippen LogP contribution in [-0.4, -0.2) is 26.6 Å². The van der Waals surface area contributed by atoms with E-state index in [0.29, 0.717) is 5.39 Å². The Hall–Kier alpha value is -3.48. The van der Waals surface area contributed by atoms with Crippen molar-refractivity contribution in [3.8, 4) is 11.1 Å². The molecule has 7 nitrogen and oxygen atoms in total. The molecular formula is C22H20N2O5. The predicted octanol–water partition coefficient (Wildman–Crippen LogP) is 3.47. The second-order valence-corrected chi connectivity index (χ2v) is 7.31. The molecule has 1 saturated carbocycles. The Kier molecular flexibility index (Phi) is 4.66.